The summed E-state index contributed by atoms with van der Waals surface area (Å²) in [6.07, 6.45) is 3.45. The maximum atomic E-state index is 12.7. The largest absolute Gasteiger partial charge is 0.490 e. The molecule has 0 unspecified atom stereocenters. The number of imide groups is 1. The number of carbonyl (C=O) groups excluding carboxylic acids is 4. The first kappa shape index (κ1) is 22.7. The van der Waals surface area contributed by atoms with Crippen LogP contribution in [0.3, 0.4) is 0 Å². The van der Waals surface area contributed by atoms with Gasteiger partial charge in [-0.15, -0.1) is 0 Å². The van der Waals surface area contributed by atoms with Crippen LogP contribution in [0.25, 0.3) is 6.08 Å². The van der Waals surface area contributed by atoms with Crippen LogP contribution in [0.4, 0.5) is 4.79 Å². The van der Waals surface area contributed by atoms with Crippen molar-refractivity contribution in [3.63, 3.8) is 0 Å². The summed E-state index contributed by atoms with van der Waals surface area (Å²) in [6, 6.07) is 4.94. The summed E-state index contributed by atoms with van der Waals surface area (Å²) >= 11 is 0.796. The Balaban J connectivity index is 1.73. The van der Waals surface area contributed by atoms with Gasteiger partial charge in [-0.3, -0.25) is 19.3 Å². The van der Waals surface area contributed by atoms with Crippen molar-refractivity contribution in [1.29, 1.82) is 0 Å². The first-order valence-electron chi connectivity index (χ1n) is 9.92. The Morgan fingerprint density at radius 3 is 2.55 bits per heavy atom. The number of likely N-dealkylation sites (tertiary alicyclic amines) is 1. The van der Waals surface area contributed by atoms with Crippen LogP contribution in [0.15, 0.2) is 23.1 Å². The summed E-state index contributed by atoms with van der Waals surface area (Å²) in [5.41, 5.74) is 0.616. The number of ether oxygens (including phenoxy) is 3. The molecule has 0 radical (unpaired) electrons. The number of benzene rings is 1. The van der Waals surface area contributed by atoms with Gasteiger partial charge in [0.05, 0.1) is 18.6 Å². The Labute approximate surface area is 184 Å². The fourth-order valence-electron chi connectivity index (χ4n) is 3.19. The van der Waals surface area contributed by atoms with E-state index in [0.717, 1.165) is 29.5 Å². The van der Waals surface area contributed by atoms with Crippen LogP contribution >= 0.6 is 11.8 Å². The second kappa shape index (κ2) is 10.3. The average molecular weight is 448 g/mol. The minimum absolute atomic E-state index is 0.216. The number of thioether (sulfide) groups is 1. The van der Waals surface area contributed by atoms with Gasteiger partial charge in [0.1, 0.15) is 6.54 Å². The first-order chi connectivity index (χ1) is 14.9. The number of nitrogens with zero attached hydrogens (tertiary/aromatic N) is 2. The molecule has 0 bridgehead atoms. The average Bonchev–Trinajstić information content (AvgIpc) is 3.38. The smallest absolute Gasteiger partial charge is 0.343 e. The van der Waals surface area contributed by atoms with Gasteiger partial charge in [0.25, 0.3) is 11.1 Å². The van der Waals surface area contributed by atoms with Gasteiger partial charge in [0.15, 0.2) is 18.1 Å². The van der Waals surface area contributed by atoms with Crippen LogP contribution in [0.5, 0.6) is 11.5 Å². The molecule has 0 spiro atoms. The lowest BCUT2D eigenvalue weighted by Gasteiger charge is -2.18. The molecule has 2 fully saturated rings. The van der Waals surface area contributed by atoms with Gasteiger partial charge in [-0.05, 0) is 55.3 Å². The topological polar surface area (TPSA) is 102 Å². The molecule has 166 valence electrons. The predicted molar refractivity (Wildman–Crippen MR) is 114 cm³/mol. The molecule has 10 heteroatoms. The van der Waals surface area contributed by atoms with Crippen molar-refractivity contribution in [3.8, 4) is 11.5 Å². The van der Waals surface area contributed by atoms with E-state index in [4.69, 9.17) is 9.47 Å². The Morgan fingerprint density at radius 1 is 1.13 bits per heavy atom. The molecule has 0 saturated carbocycles. The SMILES string of the molecule is CCOc1cc(/C=C2\SC(=O)N(CC(=O)N3CCCC3)C2=O)ccc1OCC(=O)OC. The van der Waals surface area contributed by atoms with E-state index >= 15 is 0 Å². The van der Waals surface area contributed by atoms with E-state index in [1.165, 1.54) is 7.11 Å². The molecule has 0 N–H and O–H groups in total. The van der Waals surface area contributed by atoms with Crippen LogP contribution < -0.4 is 9.47 Å². The highest BCUT2D eigenvalue weighted by molar-refractivity contribution is 8.18. The summed E-state index contributed by atoms with van der Waals surface area (Å²) in [5.74, 6) is -0.487. The molecule has 2 heterocycles. The zero-order chi connectivity index (χ0) is 22.4. The minimum atomic E-state index is -0.524. The number of rotatable bonds is 8. The molecule has 3 amide bonds. The first-order valence-corrected chi connectivity index (χ1v) is 10.7. The highest BCUT2D eigenvalue weighted by atomic mass is 32.2. The molecule has 1 aromatic rings. The highest BCUT2D eigenvalue weighted by Gasteiger charge is 2.37. The molecule has 0 atom stereocenters. The number of amides is 3. The molecule has 0 aromatic heterocycles. The lowest BCUT2D eigenvalue weighted by atomic mass is 10.2. The lowest BCUT2D eigenvalue weighted by Crippen LogP contribution is -2.40. The van der Waals surface area contributed by atoms with Gasteiger partial charge >= 0.3 is 5.97 Å². The Hall–Kier alpha value is -3.01. The van der Waals surface area contributed by atoms with Crippen molar-refractivity contribution >= 4 is 40.9 Å². The minimum Gasteiger partial charge on any atom is -0.490 e. The Bertz CT molecular complexity index is 909. The van der Waals surface area contributed by atoms with Gasteiger partial charge in [-0.25, -0.2) is 4.79 Å². The molecule has 2 aliphatic heterocycles. The highest BCUT2D eigenvalue weighted by Crippen LogP contribution is 2.34. The molecule has 3 rings (SSSR count). The monoisotopic (exact) mass is 448 g/mol. The van der Waals surface area contributed by atoms with Crippen LogP contribution in [-0.4, -0.2) is 72.8 Å². The molecule has 0 aliphatic carbocycles. The summed E-state index contributed by atoms with van der Waals surface area (Å²) in [7, 11) is 1.27. The summed E-state index contributed by atoms with van der Waals surface area (Å²) < 4.78 is 15.5. The Kier molecular flexibility index (Phi) is 7.56. The van der Waals surface area contributed by atoms with E-state index in [2.05, 4.69) is 4.74 Å². The van der Waals surface area contributed by atoms with Crippen molar-refractivity contribution < 1.29 is 33.4 Å². The van der Waals surface area contributed by atoms with Crippen molar-refractivity contribution in [2.24, 2.45) is 0 Å². The van der Waals surface area contributed by atoms with E-state index in [0.29, 0.717) is 36.8 Å². The maximum absolute atomic E-state index is 12.7. The maximum Gasteiger partial charge on any atom is 0.343 e. The normalized spacial score (nSPS) is 17.4. The third kappa shape index (κ3) is 5.57. The quantitative estimate of drug-likeness (QED) is 0.441. The van der Waals surface area contributed by atoms with Crippen LogP contribution in [-0.2, 0) is 19.1 Å². The summed E-state index contributed by atoms with van der Waals surface area (Å²) in [5, 5.41) is -0.466. The van der Waals surface area contributed by atoms with Crippen LogP contribution in [0.1, 0.15) is 25.3 Å². The van der Waals surface area contributed by atoms with Crippen molar-refractivity contribution in [1.82, 2.24) is 9.80 Å². The third-order valence-corrected chi connectivity index (χ3v) is 5.67. The van der Waals surface area contributed by atoms with E-state index in [1.807, 2.05) is 0 Å². The zero-order valence-electron chi connectivity index (χ0n) is 17.4. The van der Waals surface area contributed by atoms with Gasteiger partial charge in [0.2, 0.25) is 5.91 Å². The van der Waals surface area contributed by atoms with Crippen molar-refractivity contribution in [2.75, 3.05) is 40.0 Å². The molecule has 2 saturated heterocycles. The molecular formula is C21H24N2O7S. The molecule has 1 aromatic carbocycles. The molecule has 9 nitrogen and oxygen atoms in total. The number of methoxy groups -OCH3 is 1. The predicted octanol–water partition coefficient (Wildman–Crippen LogP) is 2.30. The number of hydrogen-bond donors (Lipinski definition) is 0. The second-order valence-corrected chi connectivity index (χ2v) is 7.85. The van der Waals surface area contributed by atoms with Crippen molar-refractivity contribution in [2.45, 2.75) is 19.8 Å². The van der Waals surface area contributed by atoms with E-state index < -0.39 is 17.1 Å². The molecule has 2 aliphatic rings. The molecular weight excluding hydrogens is 424 g/mol. The third-order valence-electron chi connectivity index (χ3n) is 4.76. The lowest BCUT2D eigenvalue weighted by molar-refractivity contribution is -0.143. The fourth-order valence-corrected chi connectivity index (χ4v) is 4.03. The number of carbonyl (C=O) groups is 4. The fraction of sp³-hybridized carbons (Fsp3) is 0.429. The standard InChI is InChI=1S/C21H24N2O7S/c1-3-29-16-10-14(6-7-15(16)30-13-19(25)28-2)11-17-20(26)23(21(27)31-17)12-18(24)22-8-4-5-9-22/h6-7,10-11H,3-5,8-9,12-13H2,1-2H3/b17-11-. The van der Waals surface area contributed by atoms with Gasteiger partial charge in [-0.1, -0.05) is 6.07 Å². The Morgan fingerprint density at radius 2 is 1.87 bits per heavy atom. The summed E-state index contributed by atoms with van der Waals surface area (Å²) in [6.45, 7) is 2.99. The van der Waals surface area contributed by atoms with Gasteiger partial charge < -0.3 is 19.1 Å². The zero-order valence-corrected chi connectivity index (χ0v) is 18.2. The molecule has 31 heavy (non-hydrogen) atoms. The summed E-state index contributed by atoms with van der Waals surface area (Å²) in [4.78, 5) is 51.5. The van der Waals surface area contributed by atoms with Gasteiger partial charge in [0, 0.05) is 13.1 Å². The van der Waals surface area contributed by atoms with E-state index in [1.54, 1.807) is 36.1 Å². The number of hydrogen-bond acceptors (Lipinski definition) is 8. The van der Waals surface area contributed by atoms with Gasteiger partial charge in [-0.2, -0.15) is 0 Å². The second-order valence-electron chi connectivity index (χ2n) is 6.86. The van der Waals surface area contributed by atoms with Crippen LogP contribution in [0.2, 0.25) is 0 Å². The van der Waals surface area contributed by atoms with Crippen molar-refractivity contribution in [3.05, 3.63) is 28.7 Å². The van der Waals surface area contributed by atoms with E-state index in [9.17, 15) is 19.2 Å². The van der Waals surface area contributed by atoms with E-state index in [-0.39, 0.29) is 24.0 Å². The van der Waals surface area contributed by atoms with Crippen LogP contribution in [0, 0.1) is 0 Å². The number of esters is 1.